The summed E-state index contributed by atoms with van der Waals surface area (Å²) in [5, 5.41) is 12.6. The number of anilines is 1. The van der Waals surface area contributed by atoms with Gasteiger partial charge in [0.25, 0.3) is 0 Å². The molecule has 0 saturated carbocycles. The van der Waals surface area contributed by atoms with Gasteiger partial charge in [0, 0.05) is 36.0 Å². The van der Waals surface area contributed by atoms with E-state index in [9.17, 15) is 5.26 Å². The van der Waals surface area contributed by atoms with Crippen LogP contribution in [0.4, 0.5) is 5.69 Å². The van der Waals surface area contributed by atoms with E-state index in [0.29, 0.717) is 5.56 Å². The Kier molecular flexibility index (Phi) is 5.06. The van der Waals surface area contributed by atoms with Crippen LogP contribution in [0.15, 0.2) is 52.3 Å². The summed E-state index contributed by atoms with van der Waals surface area (Å²) in [7, 11) is 1.67. The lowest BCUT2D eigenvalue weighted by atomic mass is 10.2. The van der Waals surface area contributed by atoms with Crippen molar-refractivity contribution in [3.8, 4) is 11.8 Å². The molecule has 3 rings (SSSR count). The van der Waals surface area contributed by atoms with Crippen molar-refractivity contribution in [3.63, 3.8) is 0 Å². The Labute approximate surface area is 141 Å². The van der Waals surface area contributed by atoms with Gasteiger partial charge in [-0.15, -0.1) is 0 Å². The van der Waals surface area contributed by atoms with Crippen LogP contribution in [0.5, 0.6) is 5.75 Å². The molecule has 5 heteroatoms. The standard InChI is InChI=1S/C18H19N3OS/c1-22-15-3-2-4-16(12-15)23-18-11-14(13-19)5-6-17(18)21-9-7-20-8-10-21/h2-6,11-12,20H,7-10H2,1H3. The molecule has 1 aliphatic rings. The van der Waals surface area contributed by atoms with Gasteiger partial charge in [-0.3, -0.25) is 0 Å². The van der Waals surface area contributed by atoms with Crippen molar-refractivity contribution in [2.75, 3.05) is 38.2 Å². The van der Waals surface area contributed by atoms with Crippen molar-refractivity contribution in [2.24, 2.45) is 0 Å². The van der Waals surface area contributed by atoms with Gasteiger partial charge in [0.2, 0.25) is 0 Å². The Morgan fingerprint density at radius 3 is 2.74 bits per heavy atom. The molecule has 1 heterocycles. The summed E-state index contributed by atoms with van der Waals surface area (Å²) >= 11 is 1.67. The number of rotatable bonds is 4. The van der Waals surface area contributed by atoms with Gasteiger partial charge in [-0.1, -0.05) is 17.8 Å². The number of hydrogen-bond donors (Lipinski definition) is 1. The summed E-state index contributed by atoms with van der Waals surface area (Å²) in [6.45, 7) is 3.95. The maximum atomic E-state index is 9.21. The number of nitrogens with zero attached hydrogens (tertiary/aromatic N) is 2. The van der Waals surface area contributed by atoms with E-state index in [4.69, 9.17) is 4.74 Å². The fourth-order valence-electron chi connectivity index (χ4n) is 2.62. The molecule has 1 fully saturated rings. The van der Waals surface area contributed by atoms with Crippen molar-refractivity contribution >= 4 is 17.4 Å². The van der Waals surface area contributed by atoms with Crippen molar-refractivity contribution in [3.05, 3.63) is 48.0 Å². The van der Waals surface area contributed by atoms with Gasteiger partial charge in [0.15, 0.2) is 0 Å². The van der Waals surface area contributed by atoms with Crippen LogP contribution >= 0.6 is 11.8 Å². The third-order valence-corrected chi connectivity index (χ3v) is 4.85. The fourth-order valence-corrected chi connectivity index (χ4v) is 3.69. The topological polar surface area (TPSA) is 48.3 Å². The second-order valence-corrected chi connectivity index (χ2v) is 6.43. The minimum absolute atomic E-state index is 0.689. The first kappa shape index (κ1) is 15.7. The number of piperazine rings is 1. The quantitative estimate of drug-likeness (QED) is 0.936. The monoisotopic (exact) mass is 325 g/mol. The second-order valence-electron chi connectivity index (χ2n) is 5.31. The lowest BCUT2D eigenvalue weighted by molar-refractivity contribution is 0.413. The number of nitrogens with one attached hydrogen (secondary N) is 1. The molecule has 0 unspecified atom stereocenters. The van der Waals surface area contributed by atoms with E-state index in [1.54, 1.807) is 18.9 Å². The van der Waals surface area contributed by atoms with E-state index in [0.717, 1.165) is 41.7 Å². The SMILES string of the molecule is COc1cccc(Sc2cc(C#N)ccc2N2CCNCC2)c1. The van der Waals surface area contributed by atoms with Crippen molar-refractivity contribution in [1.82, 2.24) is 5.32 Å². The third-order valence-electron chi connectivity index (χ3n) is 3.82. The fraction of sp³-hybridized carbons (Fsp3) is 0.278. The molecular weight excluding hydrogens is 306 g/mol. The summed E-state index contributed by atoms with van der Waals surface area (Å²) in [5.41, 5.74) is 1.88. The van der Waals surface area contributed by atoms with Crippen LogP contribution < -0.4 is 15.0 Å². The van der Waals surface area contributed by atoms with Gasteiger partial charge in [-0.25, -0.2) is 0 Å². The second kappa shape index (κ2) is 7.40. The molecule has 4 nitrogen and oxygen atoms in total. The zero-order valence-electron chi connectivity index (χ0n) is 13.1. The van der Waals surface area contributed by atoms with Gasteiger partial charge in [0.1, 0.15) is 5.75 Å². The first-order chi connectivity index (χ1) is 11.3. The molecule has 1 aliphatic heterocycles. The normalized spacial score (nSPS) is 14.3. The minimum Gasteiger partial charge on any atom is -0.497 e. The van der Waals surface area contributed by atoms with Crippen molar-refractivity contribution < 1.29 is 4.74 Å². The minimum atomic E-state index is 0.689. The lowest BCUT2D eigenvalue weighted by Gasteiger charge is -2.31. The summed E-state index contributed by atoms with van der Waals surface area (Å²) in [5.74, 6) is 0.843. The highest BCUT2D eigenvalue weighted by atomic mass is 32.2. The highest BCUT2D eigenvalue weighted by molar-refractivity contribution is 7.99. The van der Waals surface area contributed by atoms with Crippen molar-refractivity contribution in [2.45, 2.75) is 9.79 Å². The molecule has 0 aromatic heterocycles. The van der Waals surface area contributed by atoms with E-state index < -0.39 is 0 Å². The summed E-state index contributed by atoms with van der Waals surface area (Å²) < 4.78 is 5.30. The average Bonchev–Trinajstić information content (AvgIpc) is 2.62. The zero-order valence-corrected chi connectivity index (χ0v) is 13.9. The van der Waals surface area contributed by atoms with Crippen LogP contribution in [-0.2, 0) is 0 Å². The molecule has 0 atom stereocenters. The molecule has 118 valence electrons. The van der Waals surface area contributed by atoms with Gasteiger partial charge in [-0.2, -0.15) is 5.26 Å². The maximum Gasteiger partial charge on any atom is 0.119 e. The predicted molar refractivity (Wildman–Crippen MR) is 93.4 cm³/mol. The van der Waals surface area contributed by atoms with Gasteiger partial charge < -0.3 is 15.0 Å². The number of methoxy groups -OCH3 is 1. The highest BCUT2D eigenvalue weighted by Crippen LogP contribution is 2.37. The van der Waals surface area contributed by atoms with Gasteiger partial charge in [-0.05, 0) is 36.4 Å². The first-order valence-corrected chi connectivity index (χ1v) is 8.43. The molecule has 1 N–H and O–H groups in total. The van der Waals surface area contributed by atoms with Crippen LogP contribution in [0.3, 0.4) is 0 Å². The average molecular weight is 325 g/mol. The van der Waals surface area contributed by atoms with Crippen LogP contribution in [-0.4, -0.2) is 33.3 Å². The Morgan fingerprint density at radius 2 is 2.00 bits per heavy atom. The summed E-state index contributed by atoms with van der Waals surface area (Å²) in [6, 6.07) is 16.2. The molecule has 0 amide bonds. The number of hydrogen-bond acceptors (Lipinski definition) is 5. The number of ether oxygens (including phenoxy) is 1. The van der Waals surface area contributed by atoms with Crippen LogP contribution in [0, 0.1) is 11.3 Å². The predicted octanol–water partition coefficient (Wildman–Crippen LogP) is 3.13. The molecule has 0 aliphatic carbocycles. The number of nitriles is 1. The Balaban J connectivity index is 1.93. The molecule has 2 aromatic rings. The highest BCUT2D eigenvalue weighted by Gasteiger charge is 2.15. The molecule has 0 bridgehead atoms. The maximum absolute atomic E-state index is 9.21. The summed E-state index contributed by atoms with van der Waals surface area (Å²) in [6.07, 6.45) is 0. The zero-order chi connectivity index (χ0) is 16.1. The van der Waals surface area contributed by atoms with Crippen LogP contribution in [0.2, 0.25) is 0 Å². The van der Waals surface area contributed by atoms with Gasteiger partial charge in [0.05, 0.1) is 24.4 Å². The number of benzene rings is 2. The van der Waals surface area contributed by atoms with E-state index in [-0.39, 0.29) is 0 Å². The lowest BCUT2D eigenvalue weighted by Crippen LogP contribution is -2.43. The van der Waals surface area contributed by atoms with Crippen LogP contribution in [0.25, 0.3) is 0 Å². The van der Waals surface area contributed by atoms with E-state index in [1.807, 2.05) is 30.3 Å². The molecule has 0 spiro atoms. The Hall–Kier alpha value is -2.16. The molecular formula is C18H19N3OS. The Bertz CT molecular complexity index is 720. The largest absolute Gasteiger partial charge is 0.497 e. The van der Waals surface area contributed by atoms with Gasteiger partial charge >= 0.3 is 0 Å². The van der Waals surface area contributed by atoms with E-state index >= 15 is 0 Å². The third kappa shape index (κ3) is 3.79. The Morgan fingerprint density at radius 1 is 1.17 bits per heavy atom. The van der Waals surface area contributed by atoms with Crippen molar-refractivity contribution in [1.29, 1.82) is 5.26 Å². The molecule has 2 aromatic carbocycles. The van der Waals surface area contributed by atoms with E-state index in [2.05, 4.69) is 28.4 Å². The first-order valence-electron chi connectivity index (χ1n) is 7.62. The smallest absolute Gasteiger partial charge is 0.119 e. The van der Waals surface area contributed by atoms with Crippen LogP contribution in [0.1, 0.15) is 5.56 Å². The molecule has 1 saturated heterocycles. The molecule has 23 heavy (non-hydrogen) atoms. The summed E-state index contributed by atoms with van der Waals surface area (Å²) in [4.78, 5) is 4.59. The van der Waals surface area contributed by atoms with E-state index in [1.165, 1.54) is 5.69 Å². The molecule has 0 radical (unpaired) electrons.